The van der Waals surface area contributed by atoms with Crippen molar-refractivity contribution in [2.24, 2.45) is 0 Å². The Labute approximate surface area is 183 Å². The van der Waals surface area contributed by atoms with E-state index in [1.807, 2.05) is 45.0 Å². The van der Waals surface area contributed by atoms with Crippen molar-refractivity contribution >= 4 is 26.9 Å². The van der Waals surface area contributed by atoms with Crippen LogP contribution in [0.1, 0.15) is 48.5 Å². The molecule has 0 aliphatic carbocycles. The fourth-order valence-electron chi connectivity index (χ4n) is 3.56. The molecule has 0 radical (unpaired) electrons. The van der Waals surface area contributed by atoms with Crippen LogP contribution >= 0.6 is 0 Å². The first-order valence-corrected chi connectivity index (χ1v) is 11.7. The Hall–Kier alpha value is -2.68. The van der Waals surface area contributed by atoms with Crippen LogP contribution in [0, 0.1) is 0 Å². The van der Waals surface area contributed by atoms with Crippen molar-refractivity contribution in [3.8, 4) is 0 Å². The molecule has 1 amide bonds. The van der Waals surface area contributed by atoms with Gasteiger partial charge < -0.3 is 14.5 Å². The maximum absolute atomic E-state index is 12.9. The second-order valence-corrected chi connectivity index (χ2v) is 9.13. The molecule has 1 unspecified atom stereocenters. The Kier molecular flexibility index (Phi) is 7.15. The SMILES string of the molecule is CCN(CC)S(=O)(=O)c1ccc(C(C)NC(=O)c2oc3ccccc3c2COC)cc1. The van der Waals surface area contributed by atoms with Gasteiger partial charge in [0.05, 0.1) is 17.5 Å². The molecule has 3 aromatic rings. The summed E-state index contributed by atoms with van der Waals surface area (Å²) in [5.41, 5.74) is 2.11. The Bertz CT molecular complexity index is 1150. The minimum absolute atomic E-state index is 0.218. The second-order valence-electron chi connectivity index (χ2n) is 7.19. The highest BCUT2D eigenvalue weighted by molar-refractivity contribution is 7.89. The molecule has 0 spiro atoms. The van der Waals surface area contributed by atoms with Gasteiger partial charge in [-0.05, 0) is 30.7 Å². The standard InChI is InChI=1S/C23H28N2O5S/c1-5-25(6-2)31(27,28)18-13-11-17(12-14-18)16(3)24-23(26)22-20(15-29-4)19-9-7-8-10-21(19)30-22/h7-14,16H,5-6,15H2,1-4H3,(H,24,26). The predicted molar refractivity (Wildman–Crippen MR) is 119 cm³/mol. The third-order valence-corrected chi connectivity index (χ3v) is 7.33. The summed E-state index contributed by atoms with van der Waals surface area (Å²) < 4.78 is 37.8. The average molecular weight is 445 g/mol. The first kappa shape index (κ1) is 23.0. The van der Waals surface area contributed by atoms with E-state index < -0.39 is 10.0 Å². The van der Waals surface area contributed by atoms with Crippen LogP contribution in [-0.4, -0.2) is 38.8 Å². The van der Waals surface area contributed by atoms with E-state index >= 15 is 0 Å². The number of sulfonamides is 1. The predicted octanol–water partition coefficient (Wildman–Crippen LogP) is 4.10. The van der Waals surface area contributed by atoms with E-state index in [-0.39, 0.29) is 29.2 Å². The number of ether oxygens (including phenoxy) is 1. The van der Waals surface area contributed by atoms with E-state index in [9.17, 15) is 13.2 Å². The van der Waals surface area contributed by atoms with E-state index in [4.69, 9.17) is 9.15 Å². The lowest BCUT2D eigenvalue weighted by Crippen LogP contribution is -2.30. The number of furan rings is 1. The average Bonchev–Trinajstić information content (AvgIpc) is 3.13. The van der Waals surface area contributed by atoms with Crippen LogP contribution in [0.3, 0.4) is 0 Å². The van der Waals surface area contributed by atoms with Crippen LogP contribution in [0.15, 0.2) is 57.8 Å². The molecular weight excluding hydrogens is 416 g/mol. The molecule has 0 aliphatic rings. The number of carbonyl (C=O) groups is 1. The summed E-state index contributed by atoms with van der Waals surface area (Å²) in [5.74, 6) is -0.133. The number of fused-ring (bicyclic) bond motifs is 1. The van der Waals surface area contributed by atoms with Crippen LogP contribution in [0.2, 0.25) is 0 Å². The Morgan fingerprint density at radius 3 is 2.35 bits per heavy atom. The number of carbonyl (C=O) groups excluding carboxylic acids is 1. The molecule has 0 fully saturated rings. The van der Waals surface area contributed by atoms with Gasteiger partial charge in [-0.25, -0.2) is 8.42 Å². The smallest absolute Gasteiger partial charge is 0.287 e. The first-order valence-electron chi connectivity index (χ1n) is 10.2. The van der Waals surface area contributed by atoms with Gasteiger partial charge in [0.2, 0.25) is 10.0 Å². The maximum Gasteiger partial charge on any atom is 0.287 e. The van der Waals surface area contributed by atoms with Crippen molar-refractivity contribution in [1.82, 2.24) is 9.62 Å². The minimum atomic E-state index is -3.52. The van der Waals surface area contributed by atoms with Gasteiger partial charge in [-0.15, -0.1) is 0 Å². The first-order chi connectivity index (χ1) is 14.8. The molecule has 2 aromatic carbocycles. The second kappa shape index (κ2) is 9.64. The van der Waals surface area contributed by atoms with Gasteiger partial charge in [-0.2, -0.15) is 4.31 Å². The van der Waals surface area contributed by atoms with Crippen molar-refractivity contribution in [2.45, 2.75) is 38.3 Å². The van der Waals surface area contributed by atoms with Gasteiger partial charge in [-0.1, -0.05) is 44.2 Å². The molecule has 0 saturated carbocycles. The summed E-state index contributed by atoms with van der Waals surface area (Å²) >= 11 is 0. The normalized spacial score (nSPS) is 12.9. The topological polar surface area (TPSA) is 88.9 Å². The molecule has 166 valence electrons. The van der Waals surface area contributed by atoms with E-state index in [1.54, 1.807) is 31.4 Å². The summed E-state index contributed by atoms with van der Waals surface area (Å²) in [7, 11) is -1.95. The number of nitrogens with one attached hydrogen (secondary N) is 1. The van der Waals surface area contributed by atoms with E-state index in [1.165, 1.54) is 4.31 Å². The van der Waals surface area contributed by atoms with Gasteiger partial charge in [0.15, 0.2) is 5.76 Å². The Morgan fingerprint density at radius 1 is 1.10 bits per heavy atom. The van der Waals surface area contributed by atoms with E-state index in [0.717, 1.165) is 10.9 Å². The van der Waals surface area contributed by atoms with Gasteiger partial charge in [0.25, 0.3) is 5.91 Å². The van der Waals surface area contributed by atoms with Crippen LogP contribution < -0.4 is 5.32 Å². The van der Waals surface area contributed by atoms with Crippen LogP contribution in [0.25, 0.3) is 11.0 Å². The number of methoxy groups -OCH3 is 1. The van der Waals surface area contributed by atoms with Crippen molar-refractivity contribution in [2.75, 3.05) is 20.2 Å². The van der Waals surface area contributed by atoms with Crippen molar-refractivity contribution in [3.63, 3.8) is 0 Å². The lowest BCUT2D eigenvalue weighted by atomic mass is 10.1. The molecule has 0 aliphatic heterocycles. The van der Waals surface area contributed by atoms with Crippen molar-refractivity contribution in [3.05, 3.63) is 65.4 Å². The molecular formula is C23H28N2O5S. The number of benzene rings is 2. The zero-order valence-corrected chi connectivity index (χ0v) is 19.0. The van der Waals surface area contributed by atoms with Crippen LogP contribution in [0.4, 0.5) is 0 Å². The highest BCUT2D eigenvalue weighted by Crippen LogP contribution is 2.27. The summed E-state index contributed by atoms with van der Waals surface area (Å²) in [5, 5.41) is 3.77. The number of hydrogen-bond acceptors (Lipinski definition) is 5. The van der Waals surface area contributed by atoms with E-state index in [2.05, 4.69) is 5.32 Å². The third kappa shape index (κ3) is 4.66. The molecule has 1 aromatic heterocycles. The largest absolute Gasteiger partial charge is 0.451 e. The fraction of sp³-hybridized carbons (Fsp3) is 0.348. The van der Waals surface area contributed by atoms with Crippen LogP contribution in [0.5, 0.6) is 0 Å². The molecule has 0 bridgehead atoms. The number of amides is 1. The third-order valence-electron chi connectivity index (χ3n) is 5.26. The van der Waals surface area contributed by atoms with Gasteiger partial charge in [0, 0.05) is 31.1 Å². The van der Waals surface area contributed by atoms with Crippen LogP contribution in [-0.2, 0) is 21.4 Å². The Morgan fingerprint density at radius 2 is 1.74 bits per heavy atom. The summed E-state index contributed by atoms with van der Waals surface area (Å²) in [6.07, 6.45) is 0. The monoisotopic (exact) mass is 444 g/mol. The molecule has 1 atom stereocenters. The van der Waals surface area contributed by atoms with Gasteiger partial charge in [0.1, 0.15) is 5.58 Å². The Balaban J connectivity index is 1.81. The molecule has 0 saturated heterocycles. The molecule has 1 heterocycles. The van der Waals surface area contributed by atoms with Gasteiger partial charge >= 0.3 is 0 Å². The number of hydrogen-bond donors (Lipinski definition) is 1. The van der Waals surface area contributed by atoms with Crippen molar-refractivity contribution in [1.29, 1.82) is 0 Å². The minimum Gasteiger partial charge on any atom is -0.451 e. The number of nitrogens with zero attached hydrogens (tertiary/aromatic N) is 1. The number of rotatable bonds is 9. The molecule has 8 heteroatoms. The van der Waals surface area contributed by atoms with E-state index in [0.29, 0.717) is 24.2 Å². The molecule has 7 nitrogen and oxygen atoms in total. The highest BCUT2D eigenvalue weighted by Gasteiger charge is 2.24. The fourth-order valence-corrected chi connectivity index (χ4v) is 5.01. The lowest BCUT2D eigenvalue weighted by Gasteiger charge is -2.19. The summed E-state index contributed by atoms with van der Waals surface area (Å²) in [6, 6.07) is 13.7. The molecule has 31 heavy (non-hydrogen) atoms. The quantitative estimate of drug-likeness (QED) is 0.537. The maximum atomic E-state index is 12.9. The van der Waals surface area contributed by atoms with Gasteiger partial charge in [-0.3, -0.25) is 4.79 Å². The zero-order valence-electron chi connectivity index (χ0n) is 18.2. The number of para-hydroxylation sites is 1. The molecule has 3 rings (SSSR count). The summed E-state index contributed by atoms with van der Waals surface area (Å²) in [6.45, 7) is 6.53. The zero-order chi connectivity index (χ0) is 22.6. The highest BCUT2D eigenvalue weighted by atomic mass is 32.2. The van der Waals surface area contributed by atoms with Crippen molar-refractivity contribution < 1.29 is 22.4 Å². The summed E-state index contributed by atoms with van der Waals surface area (Å²) in [4.78, 5) is 13.2. The molecule has 1 N–H and O–H groups in total. The lowest BCUT2D eigenvalue weighted by molar-refractivity contribution is 0.0907.